The van der Waals surface area contributed by atoms with Crippen LogP contribution < -0.4 is 4.72 Å². The topological polar surface area (TPSA) is 110 Å². The minimum absolute atomic E-state index is 0.00567. The summed E-state index contributed by atoms with van der Waals surface area (Å²) in [6.45, 7) is 3.79. The second-order valence-electron chi connectivity index (χ2n) is 4.26. The second kappa shape index (κ2) is 8.87. The zero-order valence-corrected chi connectivity index (χ0v) is 12.0. The molecule has 0 aromatic carbocycles. The quantitative estimate of drug-likeness (QED) is 0.563. The first-order valence-electron chi connectivity index (χ1n) is 6.11. The summed E-state index contributed by atoms with van der Waals surface area (Å²) in [5.74, 6) is -1.85. The Morgan fingerprint density at radius 1 is 1.32 bits per heavy atom. The van der Waals surface area contributed by atoms with Gasteiger partial charge >= 0.3 is 11.9 Å². The molecule has 0 spiro atoms. The predicted octanol–water partition coefficient (Wildman–Crippen LogP) is 0.360. The number of esters is 1. The fourth-order valence-electron chi connectivity index (χ4n) is 1.26. The van der Waals surface area contributed by atoms with Crippen molar-refractivity contribution in [2.24, 2.45) is 5.92 Å². The van der Waals surface area contributed by atoms with Gasteiger partial charge in [-0.1, -0.05) is 6.92 Å². The highest BCUT2D eigenvalue weighted by molar-refractivity contribution is 7.89. The lowest BCUT2D eigenvalue weighted by molar-refractivity contribution is -0.142. The lowest BCUT2D eigenvalue weighted by atomic mass is 10.1. The van der Waals surface area contributed by atoms with Gasteiger partial charge in [-0.25, -0.2) is 13.1 Å². The highest BCUT2D eigenvalue weighted by Gasteiger charge is 2.15. The van der Waals surface area contributed by atoms with Crippen LogP contribution in [0.2, 0.25) is 0 Å². The van der Waals surface area contributed by atoms with Gasteiger partial charge in [-0.15, -0.1) is 0 Å². The van der Waals surface area contributed by atoms with Crippen molar-refractivity contribution in [3.63, 3.8) is 0 Å². The third kappa shape index (κ3) is 10.5. The van der Waals surface area contributed by atoms with Crippen molar-refractivity contribution in [3.05, 3.63) is 0 Å². The van der Waals surface area contributed by atoms with Crippen molar-refractivity contribution >= 4 is 22.0 Å². The van der Waals surface area contributed by atoms with Crippen molar-refractivity contribution in [1.29, 1.82) is 0 Å². The first-order chi connectivity index (χ1) is 8.76. The van der Waals surface area contributed by atoms with Crippen molar-refractivity contribution in [1.82, 2.24) is 4.72 Å². The minimum atomic E-state index is -3.53. The molecule has 0 rings (SSSR count). The molecule has 0 aromatic heterocycles. The van der Waals surface area contributed by atoms with E-state index in [1.54, 1.807) is 13.8 Å². The van der Waals surface area contributed by atoms with E-state index in [0.717, 1.165) is 0 Å². The Bertz CT molecular complexity index is 392. The van der Waals surface area contributed by atoms with E-state index in [4.69, 9.17) is 5.11 Å². The third-order valence-corrected chi connectivity index (χ3v) is 3.73. The van der Waals surface area contributed by atoms with Crippen LogP contribution in [-0.4, -0.2) is 44.4 Å². The van der Waals surface area contributed by atoms with Crippen LogP contribution in [0.15, 0.2) is 0 Å². The maximum absolute atomic E-state index is 11.5. The molecule has 0 amide bonds. The Morgan fingerprint density at radius 3 is 2.47 bits per heavy atom. The van der Waals surface area contributed by atoms with Gasteiger partial charge in [0.05, 0.1) is 18.8 Å². The Morgan fingerprint density at radius 2 is 1.95 bits per heavy atom. The normalized spacial score (nSPS) is 12.9. The number of carbonyl (C=O) groups excluding carboxylic acids is 1. The van der Waals surface area contributed by atoms with Crippen LogP contribution in [0.1, 0.15) is 33.1 Å². The van der Waals surface area contributed by atoms with E-state index >= 15 is 0 Å². The predicted molar refractivity (Wildman–Crippen MR) is 69.1 cm³/mol. The monoisotopic (exact) mass is 295 g/mol. The van der Waals surface area contributed by atoms with E-state index in [2.05, 4.69) is 9.46 Å². The van der Waals surface area contributed by atoms with Gasteiger partial charge in [-0.2, -0.15) is 0 Å². The molecule has 7 nitrogen and oxygen atoms in total. The van der Waals surface area contributed by atoms with Crippen molar-refractivity contribution in [2.45, 2.75) is 33.1 Å². The fraction of sp³-hybridized carbons (Fsp3) is 0.818. The number of hydrogen-bond donors (Lipinski definition) is 2. The smallest absolute Gasteiger partial charge is 0.306 e. The fourth-order valence-corrected chi connectivity index (χ4v) is 2.38. The number of aliphatic carboxylic acids is 1. The molecule has 0 heterocycles. The zero-order valence-electron chi connectivity index (χ0n) is 11.2. The molecule has 0 aliphatic heterocycles. The van der Waals surface area contributed by atoms with Crippen LogP contribution in [0.25, 0.3) is 0 Å². The summed E-state index contributed by atoms with van der Waals surface area (Å²) in [5, 5.41) is 8.50. The summed E-state index contributed by atoms with van der Waals surface area (Å²) in [6.07, 6.45) is 0.216. The molecule has 19 heavy (non-hydrogen) atoms. The maximum atomic E-state index is 11.5. The molecule has 2 N–H and O–H groups in total. The molecule has 8 heteroatoms. The lowest BCUT2D eigenvalue weighted by Crippen LogP contribution is -2.31. The standard InChI is InChI=1S/C11H21NO6S/c1-3-18-11(15)6-7-19(16,17)12-8-9(2)4-5-10(13)14/h9,12H,3-8H2,1-2H3,(H,13,14). The van der Waals surface area contributed by atoms with Gasteiger partial charge in [0.25, 0.3) is 0 Å². The molecule has 0 saturated heterocycles. The van der Waals surface area contributed by atoms with Crippen LogP contribution in [0, 0.1) is 5.92 Å². The molecule has 0 radical (unpaired) electrons. The molecule has 1 atom stereocenters. The van der Waals surface area contributed by atoms with E-state index in [1.807, 2.05) is 0 Å². The number of rotatable bonds is 10. The molecular weight excluding hydrogens is 274 g/mol. The first-order valence-corrected chi connectivity index (χ1v) is 7.76. The SMILES string of the molecule is CCOC(=O)CCS(=O)(=O)NCC(C)CCC(=O)O. The summed E-state index contributed by atoms with van der Waals surface area (Å²) in [5.41, 5.74) is 0. The molecule has 0 fully saturated rings. The maximum Gasteiger partial charge on any atom is 0.306 e. The molecule has 0 aromatic rings. The molecule has 0 aliphatic rings. The van der Waals surface area contributed by atoms with Crippen molar-refractivity contribution < 1.29 is 27.9 Å². The van der Waals surface area contributed by atoms with Crippen LogP contribution in [0.4, 0.5) is 0 Å². The molecule has 112 valence electrons. The summed E-state index contributed by atoms with van der Waals surface area (Å²) < 4.78 is 30.1. The van der Waals surface area contributed by atoms with Crippen molar-refractivity contribution in [3.8, 4) is 0 Å². The van der Waals surface area contributed by atoms with Gasteiger partial charge in [-0.3, -0.25) is 9.59 Å². The minimum Gasteiger partial charge on any atom is -0.481 e. The molecule has 0 aliphatic carbocycles. The Labute approximate surface area is 113 Å². The van der Waals surface area contributed by atoms with Crippen LogP contribution in [0.3, 0.4) is 0 Å². The molecule has 0 bridgehead atoms. The van der Waals surface area contributed by atoms with Gasteiger partial charge in [0, 0.05) is 13.0 Å². The van der Waals surface area contributed by atoms with Crippen LogP contribution in [-0.2, 0) is 24.3 Å². The number of carboxylic acids is 1. The number of sulfonamides is 1. The average molecular weight is 295 g/mol. The Balaban J connectivity index is 3.96. The molecule has 1 unspecified atom stereocenters. The number of carboxylic acid groups (broad SMARTS) is 1. The number of nitrogens with one attached hydrogen (secondary N) is 1. The summed E-state index contributed by atoms with van der Waals surface area (Å²) >= 11 is 0. The first kappa shape index (κ1) is 17.8. The Kier molecular flexibility index (Phi) is 8.33. The van der Waals surface area contributed by atoms with Gasteiger partial charge in [0.2, 0.25) is 10.0 Å². The van der Waals surface area contributed by atoms with E-state index < -0.39 is 22.0 Å². The average Bonchev–Trinajstić information content (AvgIpc) is 2.32. The molecular formula is C11H21NO6S. The Hall–Kier alpha value is -1.15. The lowest BCUT2D eigenvalue weighted by Gasteiger charge is -2.11. The third-order valence-electron chi connectivity index (χ3n) is 2.38. The largest absolute Gasteiger partial charge is 0.481 e. The number of hydrogen-bond acceptors (Lipinski definition) is 5. The van der Waals surface area contributed by atoms with Gasteiger partial charge in [0.15, 0.2) is 0 Å². The summed E-state index contributed by atoms with van der Waals surface area (Å²) in [6, 6.07) is 0. The van der Waals surface area contributed by atoms with E-state index in [0.29, 0.717) is 6.42 Å². The highest BCUT2D eigenvalue weighted by atomic mass is 32.2. The van der Waals surface area contributed by atoms with E-state index in [1.165, 1.54) is 0 Å². The van der Waals surface area contributed by atoms with Crippen LogP contribution >= 0.6 is 0 Å². The summed E-state index contributed by atoms with van der Waals surface area (Å²) in [7, 11) is -3.53. The van der Waals surface area contributed by atoms with Gasteiger partial charge in [0.1, 0.15) is 0 Å². The van der Waals surface area contributed by atoms with Gasteiger partial charge < -0.3 is 9.84 Å². The second-order valence-corrected chi connectivity index (χ2v) is 6.19. The number of ether oxygens (including phenoxy) is 1. The summed E-state index contributed by atoms with van der Waals surface area (Å²) in [4.78, 5) is 21.4. The van der Waals surface area contributed by atoms with Crippen LogP contribution in [0.5, 0.6) is 0 Å². The van der Waals surface area contributed by atoms with E-state index in [-0.39, 0.29) is 37.7 Å². The number of carbonyl (C=O) groups is 2. The highest BCUT2D eigenvalue weighted by Crippen LogP contribution is 2.05. The van der Waals surface area contributed by atoms with E-state index in [9.17, 15) is 18.0 Å². The van der Waals surface area contributed by atoms with Crippen molar-refractivity contribution in [2.75, 3.05) is 18.9 Å². The molecule has 0 saturated carbocycles. The zero-order chi connectivity index (χ0) is 14.9. The van der Waals surface area contributed by atoms with Gasteiger partial charge in [-0.05, 0) is 19.3 Å².